The zero-order valence-electron chi connectivity index (χ0n) is 13.2. The Bertz CT molecular complexity index is 647. The summed E-state index contributed by atoms with van der Waals surface area (Å²) >= 11 is 0. The maximum Gasteiger partial charge on any atom is 0.341 e. The van der Waals surface area contributed by atoms with Gasteiger partial charge in [0, 0.05) is 0 Å². The quantitative estimate of drug-likeness (QED) is 0.790. The molecule has 1 rings (SSSR count). The number of aliphatic hydroxyl groups excluding tert-OH is 1. The molecule has 2 unspecified atom stereocenters. The minimum absolute atomic E-state index is 0.125. The number of carbonyl (C=O) groups excluding carboxylic acids is 1. The largest absolute Gasteiger partial charge is 0.391 e. The molecule has 0 aliphatic rings. The summed E-state index contributed by atoms with van der Waals surface area (Å²) in [6, 6.07) is 4.19. The standard InChI is InChI=1S/C15H21F2NO4S/c1-4-11(13(19)9(2)3)18-14(20)10-7-5-6-8-12(10)23(21,22)15(16)17/h5-9,11,13,15,19H,4H2,1-3H3,(H,18,20). The van der Waals surface area contributed by atoms with Gasteiger partial charge in [-0.15, -0.1) is 0 Å². The van der Waals surface area contributed by atoms with Crippen LogP contribution in [0.15, 0.2) is 29.2 Å². The molecule has 0 radical (unpaired) electrons. The summed E-state index contributed by atoms with van der Waals surface area (Å²) in [4.78, 5) is 11.6. The second-order valence-corrected chi connectivity index (χ2v) is 7.41. The number of rotatable bonds is 7. The lowest BCUT2D eigenvalue weighted by Gasteiger charge is -2.26. The van der Waals surface area contributed by atoms with E-state index in [-0.39, 0.29) is 11.5 Å². The summed E-state index contributed by atoms with van der Waals surface area (Å²) in [7, 11) is -4.89. The van der Waals surface area contributed by atoms with Crippen molar-refractivity contribution in [3.63, 3.8) is 0 Å². The number of hydrogen-bond acceptors (Lipinski definition) is 4. The molecule has 0 fully saturated rings. The van der Waals surface area contributed by atoms with Crippen molar-refractivity contribution in [3.8, 4) is 0 Å². The molecular formula is C15H21F2NO4S. The van der Waals surface area contributed by atoms with E-state index in [1.165, 1.54) is 18.2 Å². The van der Waals surface area contributed by atoms with Crippen molar-refractivity contribution in [3.05, 3.63) is 29.8 Å². The fourth-order valence-electron chi connectivity index (χ4n) is 2.14. The minimum Gasteiger partial charge on any atom is -0.391 e. The Hall–Kier alpha value is -1.54. The van der Waals surface area contributed by atoms with Crippen molar-refractivity contribution in [2.24, 2.45) is 5.92 Å². The number of halogens is 2. The van der Waals surface area contributed by atoms with Crippen LogP contribution in [0.4, 0.5) is 8.78 Å². The van der Waals surface area contributed by atoms with Crippen LogP contribution in [0.25, 0.3) is 0 Å². The van der Waals surface area contributed by atoms with Crippen molar-refractivity contribution in [2.45, 2.75) is 50.0 Å². The highest BCUT2D eigenvalue weighted by Crippen LogP contribution is 2.22. The second-order valence-electron chi connectivity index (χ2n) is 5.52. The number of nitrogens with one attached hydrogen (secondary N) is 1. The van der Waals surface area contributed by atoms with E-state index in [1.54, 1.807) is 20.8 Å². The number of carbonyl (C=O) groups is 1. The third kappa shape index (κ3) is 4.48. The first-order valence-electron chi connectivity index (χ1n) is 7.22. The average molecular weight is 349 g/mol. The van der Waals surface area contributed by atoms with Crippen molar-refractivity contribution >= 4 is 15.7 Å². The van der Waals surface area contributed by atoms with E-state index in [0.717, 1.165) is 6.07 Å². The molecule has 0 spiro atoms. The Kier molecular flexibility index (Phi) is 6.64. The van der Waals surface area contributed by atoms with Crippen LogP contribution in [-0.4, -0.2) is 37.3 Å². The third-order valence-corrected chi connectivity index (χ3v) is 4.96. The molecule has 0 saturated heterocycles. The van der Waals surface area contributed by atoms with Crippen molar-refractivity contribution in [2.75, 3.05) is 0 Å². The molecule has 5 nitrogen and oxygen atoms in total. The van der Waals surface area contributed by atoms with Gasteiger partial charge in [-0.25, -0.2) is 8.42 Å². The molecule has 2 atom stereocenters. The summed E-state index contributed by atoms with van der Waals surface area (Å²) in [6.45, 7) is 5.29. The fourth-order valence-corrected chi connectivity index (χ4v) is 3.07. The van der Waals surface area contributed by atoms with Crippen molar-refractivity contribution in [1.82, 2.24) is 5.32 Å². The second kappa shape index (κ2) is 7.83. The summed E-state index contributed by atoms with van der Waals surface area (Å²) < 4.78 is 48.8. The predicted molar refractivity (Wildman–Crippen MR) is 82.0 cm³/mol. The van der Waals surface area contributed by atoms with Gasteiger partial charge < -0.3 is 10.4 Å². The summed E-state index contributed by atoms with van der Waals surface area (Å²) in [5, 5.41) is 12.6. The highest BCUT2D eigenvalue weighted by atomic mass is 32.2. The fraction of sp³-hybridized carbons (Fsp3) is 0.533. The molecule has 0 aliphatic carbocycles. The van der Waals surface area contributed by atoms with Gasteiger partial charge in [0.25, 0.3) is 5.91 Å². The van der Waals surface area contributed by atoms with E-state index in [1.807, 2.05) is 0 Å². The molecule has 0 saturated carbocycles. The van der Waals surface area contributed by atoms with E-state index in [9.17, 15) is 27.1 Å². The van der Waals surface area contributed by atoms with E-state index >= 15 is 0 Å². The molecule has 0 aromatic heterocycles. The Morgan fingerprint density at radius 1 is 1.26 bits per heavy atom. The monoisotopic (exact) mass is 349 g/mol. The van der Waals surface area contributed by atoms with Gasteiger partial charge in [0.1, 0.15) is 0 Å². The zero-order valence-corrected chi connectivity index (χ0v) is 14.0. The Morgan fingerprint density at radius 3 is 2.30 bits per heavy atom. The summed E-state index contributed by atoms with van der Waals surface area (Å²) in [5.41, 5.74) is -0.359. The molecule has 2 N–H and O–H groups in total. The molecule has 23 heavy (non-hydrogen) atoms. The van der Waals surface area contributed by atoms with E-state index < -0.39 is 38.5 Å². The first kappa shape index (κ1) is 19.5. The molecule has 1 amide bonds. The van der Waals surface area contributed by atoms with Crippen LogP contribution in [0.5, 0.6) is 0 Å². The molecular weight excluding hydrogens is 328 g/mol. The van der Waals surface area contributed by atoms with Gasteiger partial charge >= 0.3 is 5.76 Å². The van der Waals surface area contributed by atoms with Crippen molar-refractivity contribution in [1.29, 1.82) is 0 Å². The van der Waals surface area contributed by atoms with Crippen LogP contribution in [0.1, 0.15) is 37.6 Å². The Morgan fingerprint density at radius 2 is 1.83 bits per heavy atom. The van der Waals surface area contributed by atoms with Crippen LogP contribution in [0.3, 0.4) is 0 Å². The smallest absolute Gasteiger partial charge is 0.341 e. The third-order valence-electron chi connectivity index (χ3n) is 3.52. The predicted octanol–water partition coefficient (Wildman–Crippen LogP) is 2.21. The normalized spacial score (nSPS) is 14.8. The Labute approximate surface area is 134 Å². The topological polar surface area (TPSA) is 83.5 Å². The highest BCUT2D eigenvalue weighted by molar-refractivity contribution is 7.91. The minimum atomic E-state index is -4.89. The van der Waals surface area contributed by atoms with Gasteiger partial charge in [0.05, 0.1) is 22.6 Å². The maximum atomic E-state index is 12.7. The maximum absolute atomic E-state index is 12.7. The lowest BCUT2D eigenvalue weighted by Crippen LogP contribution is -2.45. The summed E-state index contributed by atoms with van der Waals surface area (Å²) in [5.74, 6) is -4.55. The van der Waals surface area contributed by atoms with Gasteiger partial charge in [-0.05, 0) is 24.5 Å². The van der Waals surface area contributed by atoms with Crippen LogP contribution in [0.2, 0.25) is 0 Å². The number of amides is 1. The number of benzene rings is 1. The van der Waals surface area contributed by atoms with Crippen LogP contribution in [0, 0.1) is 5.92 Å². The Balaban J connectivity index is 3.15. The van der Waals surface area contributed by atoms with E-state index in [0.29, 0.717) is 6.42 Å². The van der Waals surface area contributed by atoms with Crippen LogP contribution < -0.4 is 5.32 Å². The lowest BCUT2D eigenvalue weighted by atomic mass is 9.97. The van der Waals surface area contributed by atoms with Crippen LogP contribution >= 0.6 is 0 Å². The van der Waals surface area contributed by atoms with E-state index in [2.05, 4.69) is 5.32 Å². The number of alkyl halides is 2. The first-order chi connectivity index (χ1) is 10.6. The SMILES string of the molecule is CCC(NC(=O)c1ccccc1S(=O)(=O)C(F)F)C(O)C(C)C. The molecule has 130 valence electrons. The van der Waals surface area contributed by atoms with Crippen LogP contribution in [-0.2, 0) is 9.84 Å². The average Bonchev–Trinajstić information content (AvgIpc) is 2.51. The van der Waals surface area contributed by atoms with E-state index in [4.69, 9.17) is 0 Å². The number of aliphatic hydroxyl groups is 1. The lowest BCUT2D eigenvalue weighted by molar-refractivity contribution is 0.0676. The first-order valence-corrected chi connectivity index (χ1v) is 8.77. The zero-order chi connectivity index (χ0) is 17.8. The molecule has 0 bridgehead atoms. The van der Waals surface area contributed by atoms with Gasteiger partial charge in [0.2, 0.25) is 9.84 Å². The molecule has 0 heterocycles. The molecule has 8 heteroatoms. The summed E-state index contributed by atoms with van der Waals surface area (Å²) in [6.07, 6.45) is -0.419. The number of hydrogen-bond donors (Lipinski definition) is 2. The van der Waals surface area contributed by atoms with Crippen molar-refractivity contribution < 1.29 is 27.1 Å². The van der Waals surface area contributed by atoms with Gasteiger partial charge in [-0.3, -0.25) is 4.79 Å². The molecule has 0 aliphatic heterocycles. The van der Waals surface area contributed by atoms with Gasteiger partial charge in [-0.2, -0.15) is 8.78 Å². The van der Waals surface area contributed by atoms with Gasteiger partial charge in [-0.1, -0.05) is 32.9 Å². The molecule has 1 aromatic rings. The van der Waals surface area contributed by atoms with Gasteiger partial charge in [0.15, 0.2) is 0 Å². The highest BCUT2D eigenvalue weighted by Gasteiger charge is 2.32. The molecule has 1 aromatic carbocycles. The number of sulfone groups is 1.